The number of hydrogen-bond acceptors (Lipinski definition) is 4. The number of halogens is 1. The maximum Gasteiger partial charge on any atom is 0.133 e. The number of aliphatic hydroxyl groups excluding tert-OH is 1. The maximum absolute atomic E-state index is 9.18. The fourth-order valence-electron chi connectivity index (χ4n) is 1.71. The molecule has 2 rings (SSSR count). The van der Waals surface area contributed by atoms with Gasteiger partial charge in [0.15, 0.2) is 0 Å². The van der Waals surface area contributed by atoms with Gasteiger partial charge in [-0.3, -0.25) is 0 Å². The third kappa shape index (κ3) is 2.97. The zero-order valence-electron chi connectivity index (χ0n) is 10.8. The molecule has 0 unspecified atom stereocenters. The molecule has 100 valence electrons. The summed E-state index contributed by atoms with van der Waals surface area (Å²) < 4.78 is 5.12. The van der Waals surface area contributed by atoms with Crippen molar-refractivity contribution < 1.29 is 9.84 Å². The van der Waals surface area contributed by atoms with E-state index in [1.165, 1.54) is 0 Å². The average Bonchev–Trinajstić information content (AvgIpc) is 2.47. The normalized spacial score (nSPS) is 10.3. The molecule has 0 bridgehead atoms. The number of benzene rings is 1. The van der Waals surface area contributed by atoms with Crippen LogP contribution in [0.2, 0.25) is 5.02 Å². The zero-order valence-corrected chi connectivity index (χ0v) is 11.6. The Hall–Kier alpha value is -1.78. The standard InChI is InChI=1S/C14H15ClN2O2/c1-17(10-3-5-11(19-2)6-4-10)14-8-7-12(15)13(9-18)16-14/h3-8,18H,9H2,1-2H3. The molecular formula is C14H15ClN2O2. The number of rotatable bonds is 4. The molecule has 0 aliphatic carbocycles. The lowest BCUT2D eigenvalue weighted by atomic mass is 10.2. The summed E-state index contributed by atoms with van der Waals surface area (Å²) in [5.74, 6) is 1.52. The molecule has 1 aromatic heterocycles. The first-order valence-corrected chi connectivity index (χ1v) is 6.17. The fraction of sp³-hybridized carbons (Fsp3) is 0.214. The van der Waals surface area contributed by atoms with E-state index in [0.29, 0.717) is 10.7 Å². The molecule has 0 aliphatic rings. The number of nitrogens with zero attached hydrogens (tertiary/aromatic N) is 2. The Morgan fingerprint density at radius 2 is 1.89 bits per heavy atom. The highest BCUT2D eigenvalue weighted by Gasteiger charge is 2.08. The van der Waals surface area contributed by atoms with Crippen molar-refractivity contribution in [3.8, 4) is 5.75 Å². The molecule has 0 radical (unpaired) electrons. The maximum atomic E-state index is 9.18. The lowest BCUT2D eigenvalue weighted by molar-refractivity contribution is 0.277. The van der Waals surface area contributed by atoms with Crippen LogP contribution in [-0.2, 0) is 6.61 Å². The summed E-state index contributed by atoms with van der Waals surface area (Å²) in [7, 11) is 3.53. The largest absolute Gasteiger partial charge is 0.497 e. The molecule has 0 fully saturated rings. The lowest BCUT2D eigenvalue weighted by Gasteiger charge is -2.19. The Balaban J connectivity index is 2.29. The van der Waals surface area contributed by atoms with Crippen LogP contribution >= 0.6 is 11.6 Å². The van der Waals surface area contributed by atoms with Gasteiger partial charge in [-0.1, -0.05) is 11.6 Å². The minimum Gasteiger partial charge on any atom is -0.497 e. The van der Waals surface area contributed by atoms with Gasteiger partial charge in [0.1, 0.15) is 11.6 Å². The van der Waals surface area contributed by atoms with Crippen molar-refractivity contribution in [2.24, 2.45) is 0 Å². The van der Waals surface area contributed by atoms with E-state index in [1.807, 2.05) is 42.3 Å². The summed E-state index contributed by atoms with van der Waals surface area (Å²) >= 11 is 5.93. The van der Waals surface area contributed by atoms with E-state index < -0.39 is 0 Å². The smallest absolute Gasteiger partial charge is 0.133 e. The highest BCUT2D eigenvalue weighted by molar-refractivity contribution is 6.31. The first-order chi connectivity index (χ1) is 9.15. The molecular weight excluding hydrogens is 264 g/mol. The summed E-state index contributed by atoms with van der Waals surface area (Å²) in [4.78, 5) is 6.23. The van der Waals surface area contributed by atoms with Crippen molar-refractivity contribution in [3.63, 3.8) is 0 Å². The molecule has 5 heteroatoms. The highest BCUT2D eigenvalue weighted by Crippen LogP contribution is 2.26. The zero-order chi connectivity index (χ0) is 13.8. The average molecular weight is 279 g/mol. The second-order valence-corrected chi connectivity index (χ2v) is 4.42. The molecule has 19 heavy (non-hydrogen) atoms. The summed E-state index contributed by atoms with van der Waals surface area (Å²) in [6, 6.07) is 11.2. The molecule has 0 saturated carbocycles. The minimum atomic E-state index is -0.177. The van der Waals surface area contributed by atoms with E-state index in [2.05, 4.69) is 4.98 Å². The van der Waals surface area contributed by atoms with Gasteiger partial charge in [-0.2, -0.15) is 0 Å². The summed E-state index contributed by atoms with van der Waals surface area (Å²) in [6.07, 6.45) is 0. The number of anilines is 2. The number of methoxy groups -OCH3 is 1. The molecule has 4 nitrogen and oxygen atoms in total. The molecule has 0 spiro atoms. The van der Waals surface area contributed by atoms with Crippen LogP contribution in [0.25, 0.3) is 0 Å². The predicted molar refractivity (Wildman–Crippen MR) is 76.2 cm³/mol. The molecule has 0 saturated heterocycles. The van der Waals surface area contributed by atoms with Crippen LogP contribution in [0.3, 0.4) is 0 Å². The number of aliphatic hydroxyl groups is 1. The van der Waals surface area contributed by atoms with Crippen molar-refractivity contribution in [3.05, 3.63) is 47.1 Å². The van der Waals surface area contributed by atoms with Crippen molar-refractivity contribution in [1.82, 2.24) is 4.98 Å². The quantitative estimate of drug-likeness (QED) is 0.934. The molecule has 1 aromatic carbocycles. The van der Waals surface area contributed by atoms with Crippen LogP contribution < -0.4 is 9.64 Å². The predicted octanol–water partition coefficient (Wildman–Crippen LogP) is 3.00. The van der Waals surface area contributed by atoms with E-state index in [9.17, 15) is 5.11 Å². The third-order valence-corrected chi connectivity index (χ3v) is 3.20. The highest BCUT2D eigenvalue weighted by atomic mass is 35.5. The number of aromatic nitrogens is 1. The van der Waals surface area contributed by atoms with Crippen LogP contribution in [0.5, 0.6) is 5.75 Å². The molecule has 1 N–H and O–H groups in total. The number of ether oxygens (including phenoxy) is 1. The summed E-state index contributed by atoms with van der Waals surface area (Å²) in [6.45, 7) is -0.177. The van der Waals surface area contributed by atoms with Gasteiger partial charge >= 0.3 is 0 Å². The van der Waals surface area contributed by atoms with E-state index >= 15 is 0 Å². The van der Waals surface area contributed by atoms with Gasteiger partial charge < -0.3 is 14.7 Å². The first-order valence-electron chi connectivity index (χ1n) is 5.79. The fourth-order valence-corrected chi connectivity index (χ4v) is 1.87. The molecule has 2 aromatic rings. The minimum absolute atomic E-state index is 0.177. The van der Waals surface area contributed by atoms with Gasteiger partial charge in [0.25, 0.3) is 0 Å². The molecule has 0 aliphatic heterocycles. The summed E-state index contributed by atoms with van der Waals surface area (Å²) in [5, 5.41) is 9.65. The van der Waals surface area contributed by atoms with E-state index in [-0.39, 0.29) is 6.61 Å². The number of pyridine rings is 1. The van der Waals surface area contributed by atoms with Crippen molar-refractivity contribution in [2.45, 2.75) is 6.61 Å². The van der Waals surface area contributed by atoms with Crippen LogP contribution in [-0.4, -0.2) is 24.2 Å². The van der Waals surface area contributed by atoms with Gasteiger partial charge in [0, 0.05) is 12.7 Å². The Kier molecular flexibility index (Phi) is 4.24. The Labute approximate surface area is 117 Å². The first kappa shape index (κ1) is 13.6. The second-order valence-electron chi connectivity index (χ2n) is 4.01. The Bertz CT molecular complexity index is 558. The SMILES string of the molecule is COc1ccc(N(C)c2ccc(Cl)c(CO)n2)cc1. The van der Waals surface area contributed by atoms with Crippen molar-refractivity contribution in [1.29, 1.82) is 0 Å². The Morgan fingerprint density at radius 3 is 2.47 bits per heavy atom. The van der Waals surface area contributed by atoms with Gasteiger partial charge in [-0.05, 0) is 36.4 Å². The third-order valence-electron chi connectivity index (χ3n) is 2.86. The monoisotopic (exact) mass is 278 g/mol. The molecule has 1 heterocycles. The van der Waals surface area contributed by atoms with Crippen LogP contribution in [0.4, 0.5) is 11.5 Å². The molecule has 0 atom stereocenters. The molecule has 0 amide bonds. The topological polar surface area (TPSA) is 45.6 Å². The van der Waals surface area contributed by atoms with Crippen LogP contribution in [0.15, 0.2) is 36.4 Å². The van der Waals surface area contributed by atoms with E-state index in [1.54, 1.807) is 13.2 Å². The van der Waals surface area contributed by atoms with Gasteiger partial charge in [-0.25, -0.2) is 4.98 Å². The van der Waals surface area contributed by atoms with Gasteiger partial charge in [-0.15, -0.1) is 0 Å². The second kappa shape index (κ2) is 5.91. The van der Waals surface area contributed by atoms with Crippen LogP contribution in [0, 0.1) is 0 Å². The van der Waals surface area contributed by atoms with Gasteiger partial charge in [0.05, 0.1) is 24.4 Å². The van der Waals surface area contributed by atoms with Gasteiger partial charge in [0.2, 0.25) is 0 Å². The summed E-state index contributed by atoms with van der Waals surface area (Å²) in [5.41, 5.74) is 1.44. The van der Waals surface area contributed by atoms with Crippen molar-refractivity contribution >= 4 is 23.1 Å². The van der Waals surface area contributed by atoms with Crippen LogP contribution in [0.1, 0.15) is 5.69 Å². The van der Waals surface area contributed by atoms with Crippen molar-refractivity contribution in [2.75, 3.05) is 19.1 Å². The van der Waals surface area contributed by atoms with E-state index in [0.717, 1.165) is 17.3 Å². The lowest BCUT2D eigenvalue weighted by Crippen LogP contribution is -2.12. The Morgan fingerprint density at radius 1 is 1.21 bits per heavy atom. The van der Waals surface area contributed by atoms with E-state index in [4.69, 9.17) is 16.3 Å². The number of hydrogen-bond donors (Lipinski definition) is 1.